The zero-order valence-electron chi connectivity index (χ0n) is 19.9. The van der Waals surface area contributed by atoms with Crippen LogP contribution in [0.15, 0.2) is 59.6 Å². The normalized spacial score (nSPS) is 16.2. The Morgan fingerprint density at radius 3 is 2.22 bits per heavy atom. The lowest BCUT2D eigenvalue weighted by atomic mass is 10.0. The maximum Gasteiger partial charge on any atom is 0.501 e. The second-order valence-electron chi connectivity index (χ2n) is 9.05. The number of carbonyl (C=O) groups is 2. The molecule has 4 rings (SSSR count). The number of carbonyl (C=O) groups excluding carboxylic acids is 2. The van der Waals surface area contributed by atoms with Crippen molar-refractivity contribution in [3.63, 3.8) is 0 Å². The predicted molar refractivity (Wildman–Crippen MR) is 128 cm³/mol. The molecule has 3 amide bonds. The lowest BCUT2D eigenvalue weighted by molar-refractivity contribution is -0.123. The summed E-state index contributed by atoms with van der Waals surface area (Å²) in [6.07, 6.45) is 1.62. The second kappa shape index (κ2) is 8.47. The minimum atomic E-state index is -5.56. The van der Waals surface area contributed by atoms with E-state index in [4.69, 9.17) is 0 Å². The average molecular weight is 521 g/mol. The molecule has 0 aliphatic carbocycles. The zero-order chi connectivity index (χ0) is 26.6. The van der Waals surface area contributed by atoms with Gasteiger partial charge in [-0.2, -0.15) is 13.2 Å². The van der Waals surface area contributed by atoms with Crippen LogP contribution in [-0.4, -0.2) is 55.4 Å². The van der Waals surface area contributed by atoms with Crippen LogP contribution in [0.5, 0.6) is 0 Å². The van der Waals surface area contributed by atoms with Crippen LogP contribution in [0.2, 0.25) is 0 Å². The van der Waals surface area contributed by atoms with Gasteiger partial charge in [-0.25, -0.2) is 18.1 Å². The fourth-order valence-corrected chi connectivity index (χ4v) is 4.89. The number of rotatable bonds is 5. The Labute approximate surface area is 205 Å². The monoisotopic (exact) mass is 520 g/mol. The van der Waals surface area contributed by atoms with Crippen LogP contribution in [0.25, 0.3) is 10.9 Å². The van der Waals surface area contributed by atoms with Crippen LogP contribution < -0.4 is 9.80 Å². The molecule has 0 saturated carbocycles. The van der Waals surface area contributed by atoms with Crippen molar-refractivity contribution in [2.24, 2.45) is 0 Å². The molecule has 0 N–H and O–H groups in total. The molecular formula is C24H23F3N4O4S. The first-order valence-corrected chi connectivity index (χ1v) is 12.3. The van der Waals surface area contributed by atoms with Crippen LogP contribution in [0.4, 0.5) is 29.3 Å². The molecule has 0 atom stereocenters. The number of pyridine rings is 1. The third-order valence-corrected chi connectivity index (χ3v) is 7.69. The van der Waals surface area contributed by atoms with Crippen molar-refractivity contribution in [2.75, 3.05) is 23.9 Å². The van der Waals surface area contributed by atoms with Gasteiger partial charge in [-0.3, -0.25) is 9.78 Å². The fourth-order valence-electron chi connectivity index (χ4n) is 4.12. The SMILES string of the molecule is CN(C)c1cccc2c(CN3C(=O)N(c4ccc(S(=O)(=O)C(F)(F)F)cc4)C(=O)C3(C)C)ccnc12. The highest BCUT2D eigenvalue weighted by molar-refractivity contribution is 7.92. The molecule has 3 aromatic rings. The Balaban J connectivity index is 1.70. The summed E-state index contributed by atoms with van der Waals surface area (Å²) in [6, 6.07) is 10.2. The molecule has 0 bridgehead atoms. The van der Waals surface area contributed by atoms with Crippen LogP contribution >= 0.6 is 0 Å². The van der Waals surface area contributed by atoms with Crippen LogP contribution in [0, 0.1) is 0 Å². The number of aromatic nitrogens is 1. The number of para-hydroxylation sites is 1. The molecule has 1 aliphatic heterocycles. The summed E-state index contributed by atoms with van der Waals surface area (Å²) < 4.78 is 61.9. The number of anilines is 2. The molecule has 190 valence electrons. The highest BCUT2D eigenvalue weighted by Gasteiger charge is 2.52. The van der Waals surface area contributed by atoms with E-state index < -0.39 is 37.7 Å². The number of hydrogen-bond donors (Lipinski definition) is 0. The van der Waals surface area contributed by atoms with E-state index in [1.807, 2.05) is 37.2 Å². The van der Waals surface area contributed by atoms with Gasteiger partial charge in [0.25, 0.3) is 15.7 Å². The van der Waals surface area contributed by atoms with E-state index in [2.05, 4.69) is 4.98 Å². The molecule has 0 spiro atoms. The van der Waals surface area contributed by atoms with E-state index >= 15 is 0 Å². The smallest absolute Gasteiger partial charge is 0.376 e. The van der Waals surface area contributed by atoms with Crippen molar-refractivity contribution in [1.29, 1.82) is 0 Å². The summed E-state index contributed by atoms with van der Waals surface area (Å²) in [4.78, 5) is 34.2. The Morgan fingerprint density at radius 1 is 1.00 bits per heavy atom. The first-order valence-electron chi connectivity index (χ1n) is 10.8. The third kappa shape index (κ3) is 3.94. The van der Waals surface area contributed by atoms with Crippen molar-refractivity contribution in [1.82, 2.24) is 9.88 Å². The van der Waals surface area contributed by atoms with Gasteiger partial charge in [-0.15, -0.1) is 0 Å². The number of hydrogen-bond acceptors (Lipinski definition) is 6. The van der Waals surface area contributed by atoms with Gasteiger partial charge >= 0.3 is 11.5 Å². The third-order valence-electron chi connectivity index (χ3n) is 6.18. The van der Waals surface area contributed by atoms with Gasteiger partial charge in [-0.05, 0) is 55.8 Å². The highest BCUT2D eigenvalue weighted by Crippen LogP contribution is 2.36. The lowest BCUT2D eigenvalue weighted by Crippen LogP contribution is -2.43. The molecule has 12 heteroatoms. The maximum absolute atomic E-state index is 13.4. The predicted octanol–water partition coefficient (Wildman–Crippen LogP) is 4.34. The molecule has 2 heterocycles. The van der Waals surface area contributed by atoms with E-state index in [1.54, 1.807) is 26.1 Å². The average Bonchev–Trinajstić information content (AvgIpc) is 2.97. The number of alkyl halides is 3. The first-order chi connectivity index (χ1) is 16.7. The summed E-state index contributed by atoms with van der Waals surface area (Å²) in [5.41, 5.74) is -4.40. The van der Waals surface area contributed by atoms with Gasteiger partial charge in [0.05, 0.1) is 21.8 Å². The van der Waals surface area contributed by atoms with Crippen molar-refractivity contribution in [3.8, 4) is 0 Å². The summed E-state index contributed by atoms with van der Waals surface area (Å²) in [7, 11) is -1.78. The Morgan fingerprint density at radius 2 is 1.64 bits per heavy atom. The number of sulfone groups is 1. The largest absolute Gasteiger partial charge is 0.501 e. The van der Waals surface area contributed by atoms with E-state index in [0.29, 0.717) is 0 Å². The molecule has 2 aromatic carbocycles. The number of nitrogens with zero attached hydrogens (tertiary/aromatic N) is 4. The zero-order valence-corrected chi connectivity index (χ0v) is 20.7. The molecule has 1 fully saturated rings. The van der Waals surface area contributed by atoms with Crippen molar-refractivity contribution >= 4 is 44.1 Å². The maximum atomic E-state index is 13.4. The van der Waals surface area contributed by atoms with Gasteiger partial charge in [0, 0.05) is 32.2 Å². The number of halogens is 3. The van der Waals surface area contributed by atoms with Gasteiger partial charge in [0.1, 0.15) is 5.54 Å². The van der Waals surface area contributed by atoms with E-state index in [1.165, 1.54) is 4.90 Å². The minimum Gasteiger partial charge on any atom is -0.376 e. The Kier molecular flexibility index (Phi) is 5.98. The van der Waals surface area contributed by atoms with Crippen molar-refractivity contribution in [3.05, 3.63) is 60.3 Å². The van der Waals surface area contributed by atoms with Crippen LogP contribution in [-0.2, 0) is 21.2 Å². The molecule has 1 saturated heterocycles. The highest BCUT2D eigenvalue weighted by atomic mass is 32.2. The molecule has 8 nitrogen and oxygen atoms in total. The summed E-state index contributed by atoms with van der Waals surface area (Å²) in [5, 5.41) is 0.805. The molecule has 0 radical (unpaired) electrons. The summed E-state index contributed by atoms with van der Waals surface area (Å²) in [5.74, 6) is -0.591. The van der Waals surface area contributed by atoms with Crippen molar-refractivity contribution < 1.29 is 31.2 Å². The quantitative estimate of drug-likeness (QED) is 0.465. The van der Waals surface area contributed by atoms with Gasteiger partial charge in [-0.1, -0.05) is 12.1 Å². The summed E-state index contributed by atoms with van der Waals surface area (Å²) >= 11 is 0. The molecule has 1 aliphatic rings. The number of imide groups is 1. The Bertz CT molecular complexity index is 1470. The van der Waals surface area contributed by atoms with Gasteiger partial charge < -0.3 is 9.80 Å². The molecule has 1 aromatic heterocycles. The lowest BCUT2D eigenvalue weighted by Gasteiger charge is -2.28. The standard InChI is InChI=1S/C24H23F3N4O4S/c1-23(2)21(32)31(16-8-10-17(11-9-16)36(34,35)24(25,26)27)22(33)30(23)14-15-12-13-28-20-18(15)6-5-7-19(20)29(3)4/h5-13H,14H2,1-4H3. The number of urea groups is 1. The van der Waals surface area contributed by atoms with E-state index in [-0.39, 0.29) is 12.2 Å². The number of fused-ring (bicyclic) bond motifs is 1. The van der Waals surface area contributed by atoms with E-state index in [0.717, 1.165) is 51.3 Å². The van der Waals surface area contributed by atoms with Gasteiger partial charge in [0.2, 0.25) is 0 Å². The van der Waals surface area contributed by atoms with Crippen LogP contribution in [0.1, 0.15) is 19.4 Å². The number of benzene rings is 2. The molecule has 36 heavy (non-hydrogen) atoms. The summed E-state index contributed by atoms with van der Waals surface area (Å²) in [6.45, 7) is 3.22. The molecular weight excluding hydrogens is 497 g/mol. The fraction of sp³-hybridized carbons (Fsp3) is 0.292. The minimum absolute atomic E-state index is 0.0313. The van der Waals surface area contributed by atoms with Crippen molar-refractivity contribution in [2.45, 2.75) is 36.3 Å². The first kappa shape index (κ1) is 25.4. The number of amides is 3. The van der Waals surface area contributed by atoms with Crippen LogP contribution in [0.3, 0.4) is 0 Å². The Hall–Kier alpha value is -3.67. The van der Waals surface area contributed by atoms with E-state index in [9.17, 15) is 31.2 Å². The molecule has 0 unspecified atom stereocenters. The second-order valence-corrected chi connectivity index (χ2v) is 11.0. The topological polar surface area (TPSA) is 90.9 Å². The van der Waals surface area contributed by atoms with Gasteiger partial charge in [0.15, 0.2) is 0 Å².